The third-order valence-corrected chi connectivity index (χ3v) is 4.07. The highest BCUT2D eigenvalue weighted by Crippen LogP contribution is 2.43. The molecule has 4 nitrogen and oxygen atoms in total. The molecule has 0 bridgehead atoms. The molecule has 1 saturated heterocycles. The van der Waals surface area contributed by atoms with E-state index in [1.54, 1.807) is 27.7 Å². The largest absolute Gasteiger partial charge is 0.525 e. The Kier molecular flexibility index (Phi) is 4.55. The third kappa shape index (κ3) is 3.32. The van der Waals surface area contributed by atoms with Gasteiger partial charge in [-0.3, -0.25) is 0 Å². The Bertz CT molecular complexity index is 637. The minimum atomic E-state index is -5.15. The van der Waals surface area contributed by atoms with Gasteiger partial charge in [-0.25, -0.2) is 9.07 Å². The molecule has 1 fully saturated rings. The Morgan fingerprint density at radius 3 is 2.04 bits per heavy atom. The fourth-order valence-electron chi connectivity index (χ4n) is 2.08. The first-order valence-corrected chi connectivity index (χ1v) is 6.91. The van der Waals surface area contributed by atoms with Gasteiger partial charge in [0.15, 0.2) is 0 Å². The Balaban J connectivity index is 2.49. The Morgan fingerprint density at radius 1 is 1.17 bits per heavy atom. The highest BCUT2D eigenvalue weighted by Gasteiger charge is 2.55. The lowest BCUT2D eigenvalue weighted by Crippen LogP contribution is -2.41. The maximum absolute atomic E-state index is 14.5. The standard InChI is InChI=1S/C13H15BF6N2O2/c1-11(2)12(3,4)24-14(23-11)9(15)8(13(18,19)20)7-5-21-22(6-7)10(16)17/h5-6,10H,1-4H3. The predicted octanol–water partition coefficient (Wildman–Crippen LogP) is 4.15. The number of rotatable bonds is 3. The van der Waals surface area contributed by atoms with Crippen molar-refractivity contribution in [3.05, 3.63) is 23.7 Å². The molecule has 1 aliphatic heterocycles. The lowest BCUT2D eigenvalue weighted by molar-refractivity contribution is -0.0700. The molecule has 2 heterocycles. The van der Waals surface area contributed by atoms with Crippen LogP contribution in [-0.2, 0) is 9.31 Å². The summed E-state index contributed by atoms with van der Waals surface area (Å²) in [7, 11) is -1.90. The molecule has 24 heavy (non-hydrogen) atoms. The van der Waals surface area contributed by atoms with E-state index in [1.165, 1.54) is 0 Å². The van der Waals surface area contributed by atoms with E-state index >= 15 is 0 Å². The van der Waals surface area contributed by atoms with Gasteiger partial charge in [-0.05, 0) is 27.7 Å². The van der Waals surface area contributed by atoms with Crippen LogP contribution < -0.4 is 0 Å². The van der Waals surface area contributed by atoms with Crippen LogP contribution in [0, 0.1) is 0 Å². The highest BCUT2D eigenvalue weighted by atomic mass is 19.4. The molecule has 134 valence electrons. The SMILES string of the molecule is CC1(C)OB(C(F)=C(c2cnn(C(F)F)c2)C(F)(F)F)OC1(C)C. The van der Waals surface area contributed by atoms with E-state index in [-0.39, 0.29) is 4.68 Å². The Hall–Kier alpha value is -1.49. The summed E-state index contributed by atoms with van der Waals surface area (Å²) in [6.45, 7) is 3.03. The summed E-state index contributed by atoms with van der Waals surface area (Å²) in [5.41, 5.74) is -6.45. The van der Waals surface area contributed by atoms with E-state index in [4.69, 9.17) is 9.31 Å². The van der Waals surface area contributed by atoms with E-state index in [9.17, 15) is 26.3 Å². The molecule has 2 rings (SSSR count). The van der Waals surface area contributed by atoms with Crippen LogP contribution >= 0.6 is 0 Å². The van der Waals surface area contributed by atoms with Crippen molar-refractivity contribution in [2.24, 2.45) is 0 Å². The van der Waals surface area contributed by atoms with Crippen molar-refractivity contribution in [2.45, 2.75) is 51.6 Å². The second-order valence-corrected chi connectivity index (χ2v) is 6.30. The minimum Gasteiger partial charge on any atom is -0.398 e. The monoisotopic (exact) mass is 356 g/mol. The van der Waals surface area contributed by atoms with Crippen molar-refractivity contribution in [3.8, 4) is 0 Å². The van der Waals surface area contributed by atoms with Crippen molar-refractivity contribution >= 4 is 12.7 Å². The van der Waals surface area contributed by atoms with Crippen molar-refractivity contribution in [1.82, 2.24) is 9.78 Å². The zero-order chi connectivity index (χ0) is 18.5. The van der Waals surface area contributed by atoms with Gasteiger partial charge in [0.05, 0.1) is 23.0 Å². The third-order valence-electron chi connectivity index (χ3n) is 4.07. The molecule has 1 aromatic heterocycles. The lowest BCUT2D eigenvalue weighted by atomic mass is 9.83. The Labute approximate surface area is 134 Å². The van der Waals surface area contributed by atoms with Gasteiger partial charge in [-0.2, -0.15) is 27.1 Å². The quantitative estimate of drug-likeness (QED) is 0.603. The van der Waals surface area contributed by atoms with Gasteiger partial charge < -0.3 is 9.31 Å². The number of halogens is 6. The van der Waals surface area contributed by atoms with E-state index in [2.05, 4.69) is 5.10 Å². The molecule has 0 spiro atoms. The predicted molar refractivity (Wildman–Crippen MR) is 73.6 cm³/mol. The van der Waals surface area contributed by atoms with Crippen LogP contribution in [0.15, 0.2) is 18.1 Å². The maximum atomic E-state index is 14.5. The second-order valence-electron chi connectivity index (χ2n) is 6.30. The van der Waals surface area contributed by atoms with Gasteiger partial charge in [-0.1, -0.05) is 0 Å². The summed E-state index contributed by atoms with van der Waals surface area (Å²) in [4.78, 5) is 0. The molecular weight excluding hydrogens is 341 g/mol. The van der Waals surface area contributed by atoms with Crippen LogP contribution in [0.5, 0.6) is 0 Å². The summed E-state index contributed by atoms with van der Waals surface area (Å²) < 4.78 is 89.9. The zero-order valence-electron chi connectivity index (χ0n) is 13.3. The van der Waals surface area contributed by atoms with Crippen molar-refractivity contribution < 1.29 is 35.7 Å². The summed E-state index contributed by atoms with van der Waals surface area (Å²) in [5.74, 6) is 0. The van der Waals surface area contributed by atoms with Gasteiger partial charge in [0.25, 0.3) is 0 Å². The highest BCUT2D eigenvalue weighted by molar-refractivity contribution is 6.55. The van der Waals surface area contributed by atoms with Gasteiger partial charge in [-0.15, -0.1) is 0 Å². The van der Waals surface area contributed by atoms with Gasteiger partial charge in [0.1, 0.15) is 5.73 Å². The summed E-state index contributed by atoms with van der Waals surface area (Å²) in [6.07, 6.45) is -4.22. The number of hydrogen-bond donors (Lipinski definition) is 0. The molecule has 1 aromatic rings. The number of hydrogen-bond acceptors (Lipinski definition) is 3. The molecule has 0 unspecified atom stereocenters. The summed E-state index contributed by atoms with van der Waals surface area (Å²) >= 11 is 0. The number of alkyl halides is 5. The minimum absolute atomic E-state index is 0.00140. The fraction of sp³-hybridized carbons (Fsp3) is 0.615. The average Bonchev–Trinajstić information content (AvgIpc) is 2.92. The van der Waals surface area contributed by atoms with Crippen molar-refractivity contribution in [2.75, 3.05) is 0 Å². The first-order valence-electron chi connectivity index (χ1n) is 6.91. The normalized spacial score (nSPS) is 21.4. The molecule has 0 atom stereocenters. The molecule has 0 N–H and O–H groups in total. The topological polar surface area (TPSA) is 36.3 Å². The van der Waals surface area contributed by atoms with E-state index in [1.807, 2.05) is 0 Å². The van der Waals surface area contributed by atoms with Crippen LogP contribution in [0.2, 0.25) is 0 Å². The van der Waals surface area contributed by atoms with E-state index in [0.717, 1.165) is 0 Å². The van der Waals surface area contributed by atoms with Crippen molar-refractivity contribution in [3.63, 3.8) is 0 Å². The summed E-state index contributed by atoms with van der Waals surface area (Å²) in [5, 5.41) is 3.10. The Morgan fingerprint density at radius 2 is 1.67 bits per heavy atom. The number of allylic oxidation sites excluding steroid dienone is 1. The van der Waals surface area contributed by atoms with Crippen LogP contribution in [0.1, 0.15) is 39.8 Å². The van der Waals surface area contributed by atoms with E-state index in [0.29, 0.717) is 12.4 Å². The number of aromatic nitrogens is 2. The lowest BCUT2D eigenvalue weighted by Gasteiger charge is -2.32. The first-order chi connectivity index (χ1) is 10.8. The smallest absolute Gasteiger partial charge is 0.398 e. The van der Waals surface area contributed by atoms with Gasteiger partial charge >= 0.3 is 19.8 Å². The molecular formula is C13H15BF6N2O2. The van der Waals surface area contributed by atoms with Gasteiger partial charge in [0.2, 0.25) is 0 Å². The second kappa shape index (κ2) is 5.80. The van der Waals surface area contributed by atoms with Crippen molar-refractivity contribution in [1.29, 1.82) is 0 Å². The molecule has 0 radical (unpaired) electrons. The zero-order valence-corrected chi connectivity index (χ0v) is 13.3. The molecule has 0 saturated carbocycles. The van der Waals surface area contributed by atoms with Gasteiger partial charge in [0, 0.05) is 11.8 Å². The van der Waals surface area contributed by atoms with Crippen LogP contribution in [0.3, 0.4) is 0 Å². The fourth-order valence-corrected chi connectivity index (χ4v) is 2.08. The molecule has 1 aliphatic rings. The van der Waals surface area contributed by atoms with E-state index < -0.39 is 47.9 Å². The van der Waals surface area contributed by atoms with Crippen LogP contribution in [0.25, 0.3) is 5.57 Å². The number of nitrogens with zero attached hydrogens (tertiary/aromatic N) is 2. The maximum Gasteiger partial charge on any atom is 0.525 e. The van der Waals surface area contributed by atoms with Crippen LogP contribution in [0.4, 0.5) is 26.3 Å². The summed E-state index contributed by atoms with van der Waals surface area (Å²) in [6, 6.07) is 0. The molecule has 0 amide bonds. The first kappa shape index (κ1) is 18.8. The molecule has 0 aromatic carbocycles. The molecule has 0 aliphatic carbocycles. The average molecular weight is 356 g/mol. The van der Waals surface area contributed by atoms with Crippen LogP contribution in [-0.4, -0.2) is 34.3 Å². The molecule has 11 heteroatoms.